The normalized spacial score (nSPS) is 12.0. The van der Waals surface area contributed by atoms with Crippen LogP contribution >= 0.6 is 23.2 Å². The van der Waals surface area contributed by atoms with Crippen molar-refractivity contribution in [3.8, 4) is 0 Å². The van der Waals surface area contributed by atoms with E-state index in [0.29, 0.717) is 28.4 Å². The van der Waals surface area contributed by atoms with Crippen molar-refractivity contribution in [2.24, 2.45) is 0 Å². The number of pyridine rings is 1. The third-order valence-electron chi connectivity index (χ3n) is 3.80. The van der Waals surface area contributed by atoms with Gasteiger partial charge in [-0.1, -0.05) is 29.8 Å². The molecular formula is C17H15Cl2N5O. The number of rotatable bonds is 6. The lowest BCUT2D eigenvalue weighted by Gasteiger charge is -2.17. The summed E-state index contributed by atoms with van der Waals surface area (Å²) in [5.41, 5.74) is 2.38. The highest BCUT2D eigenvalue weighted by atomic mass is 35.5. The molecule has 0 radical (unpaired) electrons. The molecule has 2 aromatic heterocycles. The van der Waals surface area contributed by atoms with Crippen LogP contribution in [0, 0.1) is 0 Å². The molecule has 128 valence electrons. The number of fused-ring (bicyclic) bond motifs is 1. The SMILES string of the molecule is CNc1ccccc1C(C=O)CNc1nc(Cl)nc2cnc(Cl)cc12. The van der Waals surface area contributed by atoms with Crippen molar-refractivity contribution in [2.45, 2.75) is 5.92 Å². The summed E-state index contributed by atoms with van der Waals surface area (Å²) in [5.74, 6) is 0.151. The topological polar surface area (TPSA) is 79.8 Å². The minimum atomic E-state index is -0.357. The molecule has 2 heterocycles. The van der Waals surface area contributed by atoms with E-state index in [0.717, 1.165) is 17.5 Å². The molecule has 25 heavy (non-hydrogen) atoms. The third kappa shape index (κ3) is 3.81. The number of para-hydroxylation sites is 1. The monoisotopic (exact) mass is 375 g/mol. The first-order valence-electron chi connectivity index (χ1n) is 7.57. The highest BCUT2D eigenvalue weighted by molar-refractivity contribution is 6.30. The smallest absolute Gasteiger partial charge is 0.224 e. The van der Waals surface area contributed by atoms with E-state index in [9.17, 15) is 4.79 Å². The van der Waals surface area contributed by atoms with Crippen LogP contribution in [0.1, 0.15) is 11.5 Å². The number of hydrogen-bond donors (Lipinski definition) is 2. The zero-order valence-corrected chi connectivity index (χ0v) is 14.8. The molecule has 0 spiro atoms. The van der Waals surface area contributed by atoms with Crippen molar-refractivity contribution in [3.05, 3.63) is 52.5 Å². The van der Waals surface area contributed by atoms with Gasteiger partial charge < -0.3 is 15.4 Å². The predicted molar refractivity (Wildman–Crippen MR) is 101 cm³/mol. The first kappa shape index (κ1) is 17.4. The van der Waals surface area contributed by atoms with E-state index in [2.05, 4.69) is 25.6 Å². The second-order valence-electron chi connectivity index (χ2n) is 5.33. The number of aromatic nitrogens is 3. The molecule has 1 unspecified atom stereocenters. The van der Waals surface area contributed by atoms with Gasteiger partial charge in [0.15, 0.2) is 0 Å². The van der Waals surface area contributed by atoms with Crippen LogP contribution in [0.4, 0.5) is 11.5 Å². The highest BCUT2D eigenvalue weighted by Gasteiger charge is 2.15. The summed E-state index contributed by atoms with van der Waals surface area (Å²) in [6.07, 6.45) is 2.44. The number of nitrogens with zero attached hydrogens (tertiary/aromatic N) is 3. The van der Waals surface area contributed by atoms with E-state index >= 15 is 0 Å². The first-order valence-corrected chi connectivity index (χ1v) is 8.32. The van der Waals surface area contributed by atoms with Gasteiger partial charge in [-0.2, -0.15) is 0 Å². The molecule has 0 fully saturated rings. The quantitative estimate of drug-likeness (QED) is 0.387. The number of benzene rings is 1. The van der Waals surface area contributed by atoms with E-state index in [1.165, 1.54) is 6.20 Å². The Morgan fingerprint density at radius 1 is 1.24 bits per heavy atom. The fraction of sp³-hybridized carbons (Fsp3) is 0.176. The molecule has 2 N–H and O–H groups in total. The van der Waals surface area contributed by atoms with Gasteiger partial charge in [0, 0.05) is 24.7 Å². The van der Waals surface area contributed by atoms with Crippen molar-refractivity contribution in [3.63, 3.8) is 0 Å². The van der Waals surface area contributed by atoms with Gasteiger partial charge in [-0.05, 0) is 29.3 Å². The summed E-state index contributed by atoms with van der Waals surface area (Å²) >= 11 is 11.9. The first-order chi connectivity index (χ1) is 12.1. The van der Waals surface area contributed by atoms with E-state index in [-0.39, 0.29) is 11.2 Å². The van der Waals surface area contributed by atoms with E-state index in [1.54, 1.807) is 6.07 Å². The van der Waals surface area contributed by atoms with Crippen LogP contribution in [0.15, 0.2) is 36.5 Å². The zero-order valence-electron chi connectivity index (χ0n) is 13.3. The van der Waals surface area contributed by atoms with E-state index in [4.69, 9.17) is 23.2 Å². The number of nitrogens with one attached hydrogen (secondary N) is 2. The fourth-order valence-corrected chi connectivity index (χ4v) is 2.93. The number of halogens is 2. The van der Waals surface area contributed by atoms with E-state index in [1.807, 2.05) is 31.3 Å². The van der Waals surface area contributed by atoms with Crippen LogP contribution in [-0.2, 0) is 4.79 Å². The van der Waals surface area contributed by atoms with Gasteiger partial charge in [-0.3, -0.25) is 0 Å². The number of hydrogen-bond acceptors (Lipinski definition) is 6. The lowest BCUT2D eigenvalue weighted by Crippen LogP contribution is -2.16. The minimum Gasteiger partial charge on any atom is -0.388 e. The number of aldehydes is 1. The van der Waals surface area contributed by atoms with Crippen LogP contribution in [0.5, 0.6) is 0 Å². The molecule has 0 amide bonds. The van der Waals surface area contributed by atoms with Crippen molar-refractivity contribution >= 4 is 51.9 Å². The van der Waals surface area contributed by atoms with Gasteiger partial charge in [-0.15, -0.1) is 0 Å². The summed E-state index contributed by atoms with van der Waals surface area (Å²) in [6.45, 7) is 0.352. The Balaban J connectivity index is 1.91. The second kappa shape index (κ2) is 7.63. The van der Waals surface area contributed by atoms with Gasteiger partial charge in [0.25, 0.3) is 0 Å². The van der Waals surface area contributed by atoms with Crippen LogP contribution in [0.2, 0.25) is 10.4 Å². The number of carbonyl (C=O) groups is 1. The van der Waals surface area contributed by atoms with Crippen molar-refractivity contribution in [1.82, 2.24) is 15.0 Å². The molecule has 0 aliphatic carbocycles. The van der Waals surface area contributed by atoms with Gasteiger partial charge in [0.05, 0.1) is 17.6 Å². The molecule has 0 aliphatic heterocycles. The maximum absolute atomic E-state index is 11.6. The molecule has 0 saturated carbocycles. The highest BCUT2D eigenvalue weighted by Crippen LogP contribution is 2.26. The Morgan fingerprint density at radius 3 is 2.80 bits per heavy atom. The summed E-state index contributed by atoms with van der Waals surface area (Å²) in [7, 11) is 1.82. The Hall–Kier alpha value is -2.44. The van der Waals surface area contributed by atoms with E-state index < -0.39 is 0 Å². The predicted octanol–water partition coefficient (Wildman–Crippen LogP) is 3.77. The van der Waals surface area contributed by atoms with Crippen molar-refractivity contribution < 1.29 is 4.79 Å². The van der Waals surface area contributed by atoms with Gasteiger partial charge >= 0.3 is 0 Å². The van der Waals surface area contributed by atoms with Crippen molar-refractivity contribution in [1.29, 1.82) is 0 Å². The second-order valence-corrected chi connectivity index (χ2v) is 6.05. The standard InChI is InChI=1S/C17H15Cl2N5O/c1-20-13-5-3-2-4-11(13)10(9-25)7-22-16-12-6-15(18)21-8-14(12)23-17(19)24-16/h2-6,8-10,20H,7H2,1H3,(H,22,23,24). The molecule has 1 aromatic carbocycles. The van der Waals surface area contributed by atoms with Crippen LogP contribution in [0.3, 0.4) is 0 Å². The summed E-state index contributed by atoms with van der Waals surface area (Å²) in [4.78, 5) is 24.0. The molecule has 0 aliphatic rings. The Labute approximate surface area is 154 Å². The zero-order chi connectivity index (χ0) is 17.8. The van der Waals surface area contributed by atoms with Crippen LogP contribution < -0.4 is 10.6 Å². The summed E-state index contributed by atoms with van der Waals surface area (Å²) in [5, 5.41) is 7.38. The maximum Gasteiger partial charge on any atom is 0.224 e. The Morgan fingerprint density at radius 2 is 2.04 bits per heavy atom. The Bertz CT molecular complexity index is 919. The fourth-order valence-electron chi connectivity index (χ4n) is 2.60. The Kier molecular flexibility index (Phi) is 5.31. The van der Waals surface area contributed by atoms with Gasteiger partial charge in [0.1, 0.15) is 17.3 Å². The van der Waals surface area contributed by atoms with Crippen LogP contribution in [0.25, 0.3) is 10.9 Å². The molecule has 1 atom stereocenters. The molecule has 0 saturated heterocycles. The molecule has 3 rings (SSSR count). The third-order valence-corrected chi connectivity index (χ3v) is 4.18. The molecule has 0 bridgehead atoms. The van der Waals surface area contributed by atoms with Gasteiger partial charge in [0.2, 0.25) is 5.28 Å². The average Bonchev–Trinajstić information content (AvgIpc) is 2.63. The molecule has 8 heteroatoms. The number of carbonyl (C=O) groups excluding carboxylic acids is 1. The maximum atomic E-state index is 11.6. The summed E-state index contributed by atoms with van der Waals surface area (Å²) in [6, 6.07) is 9.31. The largest absolute Gasteiger partial charge is 0.388 e. The molecular weight excluding hydrogens is 361 g/mol. The lowest BCUT2D eigenvalue weighted by atomic mass is 9.98. The number of anilines is 2. The summed E-state index contributed by atoms with van der Waals surface area (Å²) < 4.78 is 0. The molecule has 3 aromatic rings. The van der Waals surface area contributed by atoms with Crippen molar-refractivity contribution in [2.75, 3.05) is 24.2 Å². The average molecular weight is 376 g/mol. The lowest BCUT2D eigenvalue weighted by molar-refractivity contribution is -0.108. The van der Waals surface area contributed by atoms with Crippen LogP contribution in [-0.4, -0.2) is 34.8 Å². The van der Waals surface area contributed by atoms with Gasteiger partial charge in [-0.25, -0.2) is 15.0 Å². The minimum absolute atomic E-state index is 0.0948. The molecule has 6 nitrogen and oxygen atoms in total.